The Morgan fingerprint density at radius 1 is 1.32 bits per heavy atom. The molecule has 0 saturated carbocycles. The maximum absolute atomic E-state index is 5.70. The van der Waals surface area contributed by atoms with Crippen molar-refractivity contribution in [1.29, 1.82) is 0 Å². The summed E-state index contributed by atoms with van der Waals surface area (Å²) in [6, 6.07) is 7.16. The fourth-order valence-corrected chi connectivity index (χ4v) is 2.76. The highest BCUT2D eigenvalue weighted by Crippen LogP contribution is 2.33. The molecule has 0 aromatic heterocycles. The summed E-state index contributed by atoms with van der Waals surface area (Å²) >= 11 is 0. The Morgan fingerprint density at radius 2 is 2.11 bits per heavy atom. The summed E-state index contributed by atoms with van der Waals surface area (Å²) in [6.07, 6.45) is 3.44. The van der Waals surface area contributed by atoms with Crippen molar-refractivity contribution in [2.24, 2.45) is 5.41 Å². The number of fused-ring (bicyclic) bond motifs is 1. The minimum absolute atomic E-state index is 0.333. The predicted octanol–water partition coefficient (Wildman–Crippen LogP) is 4.10. The third-order valence-electron chi connectivity index (χ3n) is 3.60. The number of benzene rings is 1. The monoisotopic (exact) mass is 261 g/mol. The van der Waals surface area contributed by atoms with Crippen LogP contribution in [0.3, 0.4) is 0 Å². The zero-order valence-corrected chi connectivity index (χ0v) is 12.8. The van der Waals surface area contributed by atoms with E-state index in [9.17, 15) is 0 Å². The van der Waals surface area contributed by atoms with Gasteiger partial charge in [-0.05, 0) is 48.4 Å². The first-order valence-corrected chi connectivity index (χ1v) is 7.48. The van der Waals surface area contributed by atoms with E-state index in [0.717, 1.165) is 38.2 Å². The molecular weight excluding hydrogens is 234 g/mol. The van der Waals surface area contributed by atoms with Crippen LogP contribution in [0.4, 0.5) is 0 Å². The average Bonchev–Trinajstić information content (AvgIpc) is 2.36. The third kappa shape index (κ3) is 3.97. The minimum atomic E-state index is 0.333. The predicted molar refractivity (Wildman–Crippen MR) is 80.7 cm³/mol. The molecule has 0 amide bonds. The number of hydrogen-bond donors (Lipinski definition) is 1. The van der Waals surface area contributed by atoms with Crippen molar-refractivity contribution in [3.05, 3.63) is 29.3 Å². The van der Waals surface area contributed by atoms with Crippen LogP contribution in [0.1, 0.15) is 57.7 Å². The van der Waals surface area contributed by atoms with Gasteiger partial charge in [0, 0.05) is 6.04 Å². The molecule has 106 valence electrons. The van der Waals surface area contributed by atoms with E-state index in [4.69, 9.17) is 4.74 Å². The van der Waals surface area contributed by atoms with E-state index in [1.807, 2.05) is 0 Å². The molecule has 1 atom stereocenters. The first-order chi connectivity index (χ1) is 8.99. The van der Waals surface area contributed by atoms with E-state index in [1.54, 1.807) is 0 Å². The number of aryl methyl sites for hydroxylation is 1. The molecule has 1 heterocycles. The zero-order valence-electron chi connectivity index (χ0n) is 12.8. The number of ether oxygens (including phenoxy) is 1. The van der Waals surface area contributed by atoms with Crippen molar-refractivity contribution in [1.82, 2.24) is 5.32 Å². The van der Waals surface area contributed by atoms with E-state index in [2.05, 4.69) is 51.2 Å². The van der Waals surface area contributed by atoms with Crippen LogP contribution in [0.2, 0.25) is 0 Å². The van der Waals surface area contributed by atoms with Gasteiger partial charge in [0.1, 0.15) is 5.75 Å². The maximum atomic E-state index is 5.70. The second kappa shape index (κ2) is 5.96. The molecule has 2 nitrogen and oxygen atoms in total. The van der Waals surface area contributed by atoms with Gasteiger partial charge in [-0.1, -0.05) is 39.8 Å². The van der Waals surface area contributed by atoms with E-state index in [0.29, 0.717) is 11.5 Å². The molecule has 19 heavy (non-hydrogen) atoms. The summed E-state index contributed by atoms with van der Waals surface area (Å²) in [5, 5.41) is 3.62. The molecule has 0 aliphatic carbocycles. The van der Waals surface area contributed by atoms with E-state index in [-0.39, 0.29) is 0 Å². The van der Waals surface area contributed by atoms with E-state index in [1.165, 1.54) is 11.1 Å². The van der Waals surface area contributed by atoms with Crippen LogP contribution < -0.4 is 10.1 Å². The number of hydrogen-bond acceptors (Lipinski definition) is 2. The Kier molecular flexibility index (Phi) is 4.51. The number of nitrogens with one attached hydrogen (secondary N) is 1. The van der Waals surface area contributed by atoms with Gasteiger partial charge in [-0.3, -0.25) is 0 Å². The second-order valence-corrected chi connectivity index (χ2v) is 6.69. The molecule has 0 spiro atoms. The molecule has 2 rings (SSSR count). The molecule has 2 heteroatoms. The van der Waals surface area contributed by atoms with Gasteiger partial charge in [-0.25, -0.2) is 0 Å². The molecule has 1 aromatic rings. The molecule has 1 N–H and O–H groups in total. The molecule has 1 aliphatic heterocycles. The zero-order chi connectivity index (χ0) is 13.9. The Labute approximate surface area is 117 Å². The van der Waals surface area contributed by atoms with Crippen LogP contribution in [0.15, 0.2) is 18.2 Å². The molecule has 0 bridgehead atoms. The Balaban J connectivity index is 2.21. The number of rotatable bonds is 4. The van der Waals surface area contributed by atoms with Gasteiger partial charge in [-0.2, -0.15) is 0 Å². The summed E-state index contributed by atoms with van der Waals surface area (Å²) in [5.41, 5.74) is 3.11. The lowest BCUT2D eigenvalue weighted by Gasteiger charge is -2.28. The largest absolute Gasteiger partial charge is 0.493 e. The second-order valence-electron chi connectivity index (χ2n) is 6.69. The Hall–Kier alpha value is -1.02. The van der Waals surface area contributed by atoms with Gasteiger partial charge < -0.3 is 10.1 Å². The molecule has 1 aliphatic rings. The van der Waals surface area contributed by atoms with Crippen LogP contribution in [0.5, 0.6) is 5.75 Å². The smallest absolute Gasteiger partial charge is 0.122 e. The van der Waals surface area contributed by atoms with Gasteiger partial charge in [0.05, 0.1) is 6.61 Å². The maximum Gasteiger partial charge on any atom is 0.122 e. The van der Waals surface area contributed by atoms with Crippen molar-refractivity contribution in [2.75, 3.05) is 13.2 Å². The van der Waals surface area contributed by atoms with Gasteiger partial charge in [0.2, 0.25) is 0 Å². The van der Waals surface area contributed by atoms with E-state index >= 15 is 0 Å². The molecular formula is C17H27NO. The lowest BCUT2D eigenvalue weighted by molar-refractivity contribution is 0.287. The highest BCUT2D eigenvalue weighted by atomic mass is 16.5. The van der Waals surface area contributed by atoms with Crippen LogP contribution in [-0.2, 0) is 6.42 Å². The fraction of sp³-hybridized carbons (Fsp3) is 0.647. The fourth-order valence-electron chi connectivity index (χ4n) is 2.76. The summed E-state index contributed by atoms with van der Waals surface area (Å²) in [4.78, 5) is 0. The van der Waals surface area contributed by atoms with Crippen LogP contribution in [0.25, 0.3) is 0 Å². The average molecular weight is 261 g/mol. The van der Waals surface area contributed by atoms with Crippen LogP contribution in [-0.4, -0.2) is 13.2 Å². The van der Waals surface area contributed by atoms with Crippen molar-refractivity contribution in [3.8, 4) is 5.75 Å². The van der Waals surface area contributed by atoms with Gasteiger partial charge in [0.25, 0.3) is 0 Å². The molecule has 1 unspecified atom stereocenters. The molecule has 0 radical (unpaired) electrons. The van der Waals surface area contributed by atoms with Gasteiger partial charge >= 0.3 is 0 Å². The standard InChI is InChI=1S/C17H27NO/c1-5-18-15(12-17(2,3)4)13-8-9-16-14(11-13)7-6-10-19-16/h8-9,11,15,18H,5-7,10,12H2,1-4H3. The molecule has 0 fully saturated rings. The third-order valence-corrected chi connectivity index (χ3v) is 3.60. The highest BCUT2D eigenvalue weighted by molar-refractivity contribution is 5.39. The van der Waals surface area contributed by atoms with Crippen molar-refractivity contribution < 1.29 is 4.74 Å². The Morgan fingerprint density at radius 3 is 2.79 bits per heavy atom. The van der Waals surface area contributed by atoms with Gasteiger partial charge in [0.15, 0.2) is 0 Å². The topological polar surface area (TPSA) is 21.3 Å². The normalized spacial score (nSPS) is 16.6. The lowest BCUT2D eigenvalue weighted by atomic mass is 9.85. The van der Waals surface area contributed by atoms with Crippen molar-refractivity contribution >= 4 is 0 Å². The molecule has 0 saturated heterocycles. The first-order valence-electron chi connectivity index (χ1n) is 7.48. The first kappa shape index (κ1) is 14.4. The van der Waals surface area contributed by atoms with Crippen LogP contribution >= 0.6 is 0 Å². The summed E-state index contributed by atoms with van der Waals surface area (Å²) in [5.74, 6) is 1.08. The van der Waals surface area contributed by atoms with Gasteiger partial charge in [-0.15, -0.1) is 0 Å². The van der Waals surface area contributed by atoms with Crippen molar-refractivity contribution in [2.45, 2.75) is 53.0 Å². The van der Waals surface area contributed by atoms with Crippen LogP contribution in [0, 0.1) is 5.41 Å². The minimum Gasteiger partial charge on any atom is -0.493 e. The quantitative estimate of drug-likeness (QED) is 0.881. The summed E-state index contributed by atoms with van der Waals surface area (Å²) in [6.45, 7) is 11.0. The highest BCUT2D eigenvalue weighted by Gasteiger charge is 2.21. The molecule has 1 aromatic carbocycles. The SMILES string of the molecule is CCNC(CC(C)(C)C)c1ccc2c(c1)CCCO2. The lowest BCUT2D eigenvalue weighted by Crippen LogP contribution is -2.25. The Bertz CT molecular complexity index is 420. The summed E-state index contributed by atoms with van der Waals surface area (Å²) in [7, 11) is 0. The van der Waals surface area contributed by atoms with Crippen molar-refractivity contribution in [3.63, 3.8) is 0 Å². The summed E-state index contributed by atoms with van der Waals surface area (Å²) < 4.78 is 5.70. The van der Waals surface area contributed by atoms with E-state index < -0.39 is 0 Å².